The summed E-state index contributed by atoms with van der Waals surface area (Å²) in [6, 6.07) is 9.01. The van der Waals surface area contributed by atoms with E-state index in [1.807, 2.05) is 0 Å². The topological polar surface area (TPSA) is 49.8 Å². The Morgan fingerprint density at radius 3 is 2.59 bits per heavy atom. The van der Waals surface area contributed by atoms with Gasteiger partial charge in [0.15, 0.2) is 15.8 Å². The first-order valence-corrected chi connectivity index (χ1v) is 8.75. The predicted octanol–water partition coefficient (Wildman–Crippen LogP) is 4.83. The lowest BCUT2D eigenvalue weighted by atomic mass is 10.1. The molecule has 1 amide bonds. The molecule has 2 aromatic rings. The van der Waals surface area contributed by atoms with Crippen LogP contribution in [0, 0.1) is 0 Å². The number of alkyl halides is 3. The molecule has 0 bridgehead atoms. The number of ether oxygens (including phenoxy) is 1. The fourth-order valence-corrected chi connectivity index (χ4v) is 3.76. The fraction of sp³-hybridized carbons (Fsp3) is 0.111. The van der Waals surface area contributed by atoms with Crippen molar-refractivity contribution in [3.05, 3.63) is 58.5 Å². The molecule has 2 aromatic carbocycles. The van der Waals surface area contributed by atoms with Gasteiger partial charge in [0.2, 0.25) is 0 Å². The number of anilines is 1. The number of rotatable bonds is 3. The van der Waals surface area contributed by atoms with E-state index >= 15 is 0 Å². The Bertz CT molecular complexity index is 957. The molecule has 1 fully saturated rings. The van der Waals surface area contributed by atoms with Gasteiger partial charge in [-0.2, -0.15) is 13.2 Å². The van der Waals surface area contributed by atoms with Crippen LogP contribution in [0.25, 0.3) is 6.08 Å². The first-order chi connectivity index (χ1) is 12.7. The third-order valence-electron chi connectivity index (χ3n) is 3.73. The fourth-order valence-electron chi connectivity index (χ4n) is 2.46. The van der Waals surface area contributed by atoms with Crippen molar-refractivity contribution in [3.63, 3.8) is 0 Å². The Balaban J connectivity index is 1.93. The lowest BCUT2D eigenvalue weighted by molar-refractivity contribution is -0.137. The summed E-state index contributed by atoms with van der Waals surface area (Å²) in [7, 11) is 1.41. The highest BCUT2D eigenvalue weighted by atomic mass is 32.2. The third-order valence-corrected chi connectivity index (χ3v) is 5.03. The molecule has 0 saturated carbocycles. The summed E-state index contributed by atoms with van der Waals surface area (Å²) in [4.78, 5) is 14.0. The molecule has 0 aliphatic carbocycles. The van der Waals surface area contributed by atoms with Gasteiger partial charge in [0.25, 0.3) is 5.91 Å². The van der Waals surface area contributed by atoms with Crippen LogP contribution in [0.15, 0.2) is 47.4 Å². The second kappa shape index (κ2) is 7.24. The molecule has 1 aliphatic rings. The van der Waals surface area contributed by atoms with Gasteiger partial charge in [-0.05, 0) is 42.0 Å². The van der Waals surface area contributed by atoms with E-state index in [-0.39, 0.29) is 26.4 Å². The molecule has 1 saturated heterocycles. The van der Waals surface area contributed by atoms with Gasteiger partial charge >= 0.3 is 6.18 Å². The number of carbonyl (C=O) groups is 1. The third kappa shape index (κ3) is 3.93. The number of benzene rings is 2. The maximum atomic E-state index is 12.9. The Hall–Kier alpha value is -2.52. The number of methoxy groups -OCH3 is 1. The lowest BCUT2D eigenvalue weighted by Gasteiger charge is -2.16. The van der Waals surface area contributed by atoms with Crippen LogP contribution in [0.4, 0.5) is 18.9 Å². The van der Waals surface area contributed by atoms with Crippen molar-refractivity contribution in [3.8, 4) is 11.5 Å². The van der Waals surface area contributed by atoms with Crippen LogP contribution in [-0.4, -0.2) is 22.4 Å². The van der Waals surface area contributed by atoms with Crippen molar-refractivity contribution >= 4 is 46.0 Å². The first-order valence-electron chi connectivity index (χ1n) is 7.53. The maximum absolute atomic E-state index is 12.9. The number of nitrogens with zero attached hydrogens (tertiary/aromatic N) is 1. The van der Waals surface area contributed by atoms with E-state index in [0.717, 1.165) is 28.8 Å². The molecule has 1 heterocycles. The summed E-state index contributed by atoms with van der Waals surface area (Å²) in [5, 5.41) is 9.83. The van der Waals surface area contributed by atoms with Gasteiger partial charge in [-0.1, -0.05) is 36.1 Å². The standard InChI is InChI=1S/C18H12F3NO3S2/c1-25-14-6-5-10(7-13(14)23)8-15-16(24)22(17(26)27-15)12-4-2-3-11(9-12)18(19,20)21/h2-9,23H,1H3/b15-8+. The second-order valence-electron chi connectivity index (χ2n) is 5.50. The molecule has 1 aliphatic heterocycles. The van der Waals surface area contributed by atoms with Crippen molar-refractivity contribution in [2.75, 3.05) is 12.0 Å². The SMILES string of the molecule is COc1ccc(/C=C2/SC(=S)N(c3cccc(C(F)(F)F)c3)C2=O)cc1O. The van der Waals surface area contributed by atoms with E-state index < -0.39 is 17.6 Å². The molecule has 0 aromatic heterocycles. The van der Waals surface area contributed by atoms with Crippen LogP contribution in [0.3, 0.4) is 0 Å². The van der Waals surface area contributed by atoms with Crippen LogP contribution >= 0.6 is 24.0 Å². The van der Waals surface area contributed by atoms with E-state index in [2.05, 4.69) is 0 Å². The summed E-state index contributed by atoms with van der Waals surface area (Å²) < 4.78 is 43.9. The lowest BCUT2D eigenvalue weighted by Crippen LogP contribution is -2.27. The minimum atomic E-state index is -4.52. The summed E-state index contributed by atoms with van der Waals surface area (Å²) in [6.07, 6.45) is -3.01. The largest absolute Gasteiger partial charge is 0.504 e. The van der Waals surface area contributed by atoms with E-state index in [4.69, 9.17) is 17.0 Å². The van der Waals surface area contributed by atoms with Crippen molar-refractivity contribution in [2.45, 2.75) is 6.18 Å². The van der Waals surface area contributed by atoms with Crippen molar-refractivity contribution < 1.29 is 27.8 Å². The van der Waals surface area contributed by atoms with Gasteiger partial charge in [-0.25, -0.2) is 0 Å². The average molecular weight is 411 g/mol. The van der Waals surface area contributed by atoms with Gasteiger partial charge in [-0.3, -0.25) is 9.69 Å². The van der Waals surface area contributed by atoms with Crippen LogP contribution in [-0.2, 0) is 11.0 Å². The molecular formula is C18H12F3NO3S2. The van der Waals surface area contributed by atoms with E-state index in [1.54, 1.807) is 6.07 Å². The van der Waals surface area contributed by atoms with Crippen molar-refractivity contribution in [1.29, 1.82) is 0 Å². The molecule has 0 radical (unpaired) electrons. The zero-order chi connectivity index (χ0) is 19.8. The molecule has 0 spiro atoms. The van der Waals surface area contributed by atoms with Gasteiger partial charge in [-0.15, -0.1) is 0 Å². The van der Waals surface area contributed by atoms with Crippen LogP contribution in [0.5, 0.6) is 11.5 Å². The smallest absolute Gasteiger partial charge is 0.416 e. The molecule has 27 heavy (non-hydrogen) atoms. The number of amides is 1. The van der Waals surface area contributed by atoms with E-state index in [0.29, 0.717) is 5.56 Å². The quantitative estimate of drug-likeness (QED) is 0.579. The average Bonchev–Trinajstić information content (AvgIpc) is 2.88. The van der Waals surface area contributed by atoms with Gasteiger partial charge in [0.05, 0.1) is 23.3 Å². The zero-order valence-corrected chi connectivity index (χ0v) is 15.4. The van der Waals surface area contributed by atoms with Crippen molar-refractivity contribution in [1.82, 2.24) is 0 Å². The minimum Gasteiger partial charge on any atom is -0.504 e. The Kier molecular flexibility index (Phi) is 5.16. The molecular weight excluding hydrogens is 399 g/mol. The number of hydrogen-bond acceptors (Lipinski definition) is 5. The van der Waals surface area contributed by atoms with Crippen LogP contribution in [0.2, 0.25) is 0 Å². The molecule has 3 rings (SSSR count). The highest BCUT2D eigenvalue weighted by Crippen LogP contribution is 2.39. The van der Waals surface area contributed by atoms with Gasteiger partial charge < -0.3 is 9.84 Å². The van der Waals surface area contributed by atoms with Gasteiger partial charge in [0, 0.05) is 0 Å². The highest BCUT2D eigenvalue weighted by Gasteiger charge is 2.36. The zero-order valence-electron chi connectivity index (χ0n) is 13.8. The Labute approximate surface area is 162 Å². The molecule has 0 unspecified atom stereocenters. The normalized spacial score (nSPS) is 16.3. The predicted molar refractivity (Wildman–Crippen MR) is 102 cm³/mol. The molecule has 140 valence electrons. The van der Waals surface area contributed by atoms with E-state index in [1.165, 1.54) is 37.5 Å². The highest BCUT2D eigenvalue weighted by molar-refractivity contribution is 8.27. The molecule has 1 N–H and O–H groups in total. The number of aromatic hydroxyl groups is 1. The number of thiocarbonyl (C=S) groups is 1. The first kappa shape index (κ1) is 19.2. The van der Waals surface area contributed by atoms with Gasteiger partial charge in [0.1, 0.15) is 0 Å². The Morgan fingerprint density at radius 2 is 1.96 bits per heavy atom. The van der Waals surface area contributed by atoms with Crippen LogP contribution in [0.1, 0.15) is 11.1 Å². The summed E-state index contributed by atoms with van der Waals surface area (Å²) in [5.41, 5.74) is -0.288. The van der Waals surface area contributed by atoms with Crippen LogP contribution < -0.4 is 9.64 Å². The molecule has 0 atom stereocenters. The minimum absolute atomic E-state index is 0.0494. The maximum Gasteiger partial charge on any atom is 0.416 e. The Morgan fingerprint density at radius 1 is 1.22 bits per heavy atom. The summed E-state index contributed by atoms with van der Waals surface area (Å²) in [6.45, 7) is 0. The monoisotopic (exact) mass is 411 g/mol. The number of phenolic OH excluding ortho intramolecular Hbond substituents is 1. The summed E-state index contributed by atoms with van der Waals surface area (Å²) >= 11 is 6.15. The molecule has 4 nitrogen and oxygen atoms in total. The number of thioether (sulfide) groups is 1. The number of carbonyl (C=O) groups excluding carboxylic acids is 1. The second-order valence-corrected chi connectivity index (χ2v) is 7.17. The number of phenols is 1. The number of hydrogen-bond donors (Lipinski definition) is 1. The molecule has 9 heteroatoms. The number of halogens is 3. The van der Waals surface area contributed by atoms with Crippen molar-refractivity contribution in [2.24, 2.45) is 0 Å². The summed E-state index contributed by atoms with van der Waals surface area (Å²) in [5.74, 6) is -0.345. The van der Waals surface area contributed by atoms with E-state index in [9.17, 15) is 23.1 Å².